The minimum Gasteiger partial charge on any atom is -0.488 e. The lowest BCUT2D eigenvalue weighted by molar-refractivity contribution is -0.137. The first kappa shape index (κ1) is 17.1. The summed E-state index contributed by atoms with van der Waals surface area (Å²) in [4.78, 5) is 12.6. The summed E-state index contributed by atoms with van der Waals surface area (Å²) in [5, 5.41) is 6.75. The van der Waals surface area contributed by atoms with Gasteiger partial charge in [0.1, 0.15) is 12.4 Å². The SMILES string of the molecule is Cn1nc(C(=O)Nc2cccc(C(F)(F)F)c2)c2c1-c1ccccc1OC2. The molecule has 1 N–H and O–H groups in total. The predicted molar refractivity (Wildman–Crippen MR) is 92.4 cm³/mol. The van der Waals surface area contributed by atoms with E-state index < -0.39 is 17.6 Å². The molecule has 8 heteroatoms. The average molecular weight is 373 g/mol. The van der Waals surface area contributed by atoms with Crippen molar-refractivity contribution in [3.05, 3.63) is 65.4 Å². The van der Waals surface area contributed by atoms with Crippen LogP contribution in [0.3, 0.4) is 0 Å². The molecule has 4 rings (SSSR count). The van der Waals surface area contributed by atoms with E-state index in [4.69, 9.17) is 4.74 Å². The van der Waals surface area contributed by atoms with Gasteiger partial charge in [0.15, 0.2) is 5.69 Å². The number of carbonyl (C=O) groups excluding carboxylic acids is 1. The average Bonchev–Trinajstić information content (AvgIpc) is 2.99. The van der Waals surface area contributed by atoms with Gasteiger partial charge in [-0.3, -0.25) is 9.48 Å². The molecule has 0 unspecified atom stereocenters. The minimum absolute atomic E-state index is 0.0476. The number of anilines is 1. The van der Waals surface area contributed by atoms with Gasteiger partial charge >= 0.3 is 6.18 Å². The Hall–Kier alpha value is -3.29. The third kappa shape index (κ3) is 3.03. The Morgan fingerprint density at radius 1 is 1.19 bits per heavy atom. The number of nitrogens with one attached hydrogen (secondary N) is 1. The number of hydrogen-bond donors (Lipinski definition) is 1. The predicted octanol–water partition coefficient (Wildman–Crippen LogP) is 4.25. The highest BCUT2D eigenvalue weighted by atomic mass is 19.4. The highest BCUT2D eigenvalue weighted by Crippen LogP contribution is 2.38. The van der Waals surface area contributed by atoms with Gasteiger partial charge in [-0.1, -0.05) is 18.2 Å². The van der Waals surface area contributed by atoms with E-state index in [1.807, 2.05) is 24.3 Å². The van der Waals surface area contributed by atoms with Crippen molar-refractivity contribution in [2.24, 2.45) is 7.05 Å². The molecule has 0 bridgehead atoms. The zero-order chi connectivity index (χ0) is 19.2. The van der Waals surface area contributed by atoms with Gasteiger partial charge in [-0.15, -0.1) is 0 Å². The summed E-state index contributed by atoms with van der Waals surface area (Å²) in [7, 11) is 1.71. The maximum Gasteiger partial charge on any atom is 0.416 e. The zero-order valence-electron chi connectivity index (χ0n) is 14.2. The third-order valence-electron chi connectivity index (χ3n) is 4.32. The Morgan fingerprint density at radius 3 is 2.74 bits per heavy atom. The van der Waals surface area contributed by atoms with Gasteiger partial charge < -0.3 is 10.1 Å². The molecule has 0 saturated heterocycles. The number of rotatable bonds is 2. The van der Waals surface area contributed by atoms with Gasteiger partial charge in [-0.2, -0.15) is 18.3 Å². The van der Waals surface area contributed by atoms with Crippen molar-refractivity contribution in [2.75, 3.05) is 5.32 Å². The van der Waals surface area contributed by atoms with Crippen LogP contribution in [0.2, 0.25) is 0 Å². The second kappa shape index (κ2) is 6.15. The van der Waals surface area contributed by atoms with Crippen LogP contribution in [-0.4, -0.2) is 15.7 Å². The topological polar surface area (TPSA) is 56.2 Å². The Morgan fingerprint density at radius 2 is 1.96 bits per heavy atom. The number of benzene rings is 2. The van der Waals surface area contributed by atoms with Gasteiger partial charge in [-0.25, -0.2) is 0 Å². The normalized spacial score (nSPS) is 12.7. The molecule has 0 spiro atoms. The molecule has 5 nitrogen and oxygen atoms in total. The van der Waals surface area contributed by atoms with Crippen LogP contribution >= 0.6 is 0 Å². The Kier molecular flexibility index (Phi) is 3.91. The first-order chi connectivity index (χ1) is 12.8. The lowest BCUT2D eigenvalue weighted by Gasteiger charge is -2.18. The van der Waals surface area contributed by atoms with Gasteiger partial charge in [0.2, 0.25) is 0 Å². The van der Waals surface area contributed by atoms with E-state index in [0.717, 1.165) is 23.4 Å². The van der Waals surface area contributed by atoms with Crippen LogP contribution in [0.25, 0.3) is 11.3 Å². The van der Waals surface area contributed by atoms with E-state index in [2.05, 4.69) is 10.4 Å². The van der Waals surface area contributed by atoms with Crippen molar-refractivity contribution in [3.63, 3.8) is 0 Å². The molecular formula is C19H14F3N3O2. The number of carbonyl (C=O) groups is 1. The summed E-state index contributed by atoms with van der Waals surface area (Å²) in [6.45, 7) is 0.158. The molecule has 0 saturated carbocycles. The summed E-state index contributed by atoms with van der Waals surface area (Å²) in [6, 6.07) is 11.9. The molecule has 27 heavy (non-hydrogen) atoms. The Labute approximate surface area is 152 Å². The second-order valence-corrected chi connectivity index (χ2v) is 6.12. The minimum atomic E-state index is -4.48. The smallest absolute Gasteiger partial charge is 0.416 e. The quantitative estimate of drug-likeness (QED) is 0.731. The second-order valence-electron chi connectivity index (χ2n) is 6.12. The number of aryl methyl sites for hydroxylation is 1. The number of hydrogen-bond acceptors (Lipinski definition) is 3. The van der Waals surface area contributed by atoms with E-state index in [1.54, 1.807) is 11.7 Å². The van der Waals surface area contributed by atoms with Crippen LogP contribution in [0.1, 0.15) is 21.6 Å². The van der Waals surface area contributed by atoms with Crippen molar-refractivity contribution in [3.8, 4) is 17.0 Å². The molecule has 0 aliphatic carbocycles. The molecule has 1 aliphatic heterocycles. The summed E-state index contributed by atoms with van der Waals surface area (Å²) >= 11 is 0. The first-order valence-corrected chi connectivity index (χ1v) is 8.11. The molecule has 0 atom stereocenters. The van der Waals surface area contributed by atoms with Crippen LogP contribution in [0, 0.1) is 0 Å². The van der Waals surface area contributed by atoms with Gasteiger partial charge in [0.05, 0.1) is 11.3 Å². The third-order valence-corrected chi connectivity index (χ3v) is 4.32. The maximum atomic E-state index is 12.9. The van der Waals surface area contributed by atoms with Crippen LogP contribution in [0.15, 0.2) is 48.5 Å². The van der Waals surface area contributed by atoms with Crippen LogP contribution < -0.4 is 10.1 Å². The molecule has 0 radical (unpaired) electrons. The standard InChI is InChI=1S/C19H14F3N3O2/c1-25-17-13-7-2-3-8-15(13)27-10-14(17)16(24-25)18(26)23-12-6-4-5-11(9-12)19(20,21)22/h2-9H,10H2,1H3,(H,23,26). The van der Waals surface area contributed by atoms with Crippen molar-refractivity contribution in [1.29, 1.82) is 0 Å². The molecule has 2 aromatic carbocycles. The molecular weight excluding hydrogens is 359 g/mol. The largest absolute Gasteiger partial charge is 0.488 e. The van der Waals surface area contributed by atoms with Gasteiger partial charge in [-0.05, 0) is 30.3 Å². The maximum absolute atomic E-state index is 12.9. The number of alkyl halides is 3. The molecule has 3 aromatic rings. The molecule has 1 aliphatic rings. The molecule has 2 heterocycles. The molecule has 1 aromatic heterocycles. The van der Waals surface area contributed by atoms with Gasteiger partial charge in [0.25, 0.3) is 5.91 Å². The van der Waals surface area contributed by atoms with E-state index in [9.17, 15) is 18.0 Å². The molecule has 138 valence electrons. The Bertz CT molecular complexity index is 1040. The number of para-hydroxylation sites is 1. The summed E-state index contributed by atoms with van der Waals surface area (Å²) in [6.07, 6.45) is -4.48. The van der Waals surface area contributed by atoms with E-state index in [-0.39, 0.29) is 18.0 Å². The van der Waals surface area contributed by atoms with Crippen molar-refractivity contribution < 1.29 is 22.7 Å². The van der Waals surface area contributed by atoms with E-state index >= 15 is 0 Å². The lowest BCUT2D eigenvalue weighted by atomic mass is 10.0. The van der Waals surface area contributed by atoms with Crippen LogP contribution in [-0.2, 0) is 19.8 Å². The summed E-state index contributed by atoms with van der Waals surface area (Å²) in [5.74, 6) is 0.104. The highest BCUT2D eigenvalue weighted by molar-refractivity contribution is 6.05. The summed E-state index contributed by atoms with van der Waals surface area (Å²) < 4.78 is 45.8. The molecule has 0 fully saturated rings. The first-order valence-electron chi connectivity index (χ1n) is 8.11. The number of halogens is 3. The summed E-state index contributed by atoms with van der Waals surface area (Å²) in [5.41, 5.74) is 1.50. The van der Waals surface area contributed by atoms with E-state index in [1.165, 1.54) is 12.1 Å². The van der Waals surface area contributed by atoms with Crippen LogP contribution in [0.5, 0.6) is 5.75 Å². The van der Waals surface area contributed by atoms with Crippen molar-refractivity contribution in [1.82, 2.24) is 9.78 Å². The Balaban J connectivity index is 1.67. The van der Waals surface area contributed by atoms with Crippen molar-refractivity contribution >= 4 is 11.6 Å². The highest BCUT2D eigenvalue weighted by Gasteiger charge is 2.31. The molecule has 1 amide bonds. The number of aromatic nitrogens is 2. The fraction of sp³-hybridized carbons (Fsp3) is 0.158. The number of ether oxygens (including phenoxy) is 1. The number of amides is 1. The van der Waals surface area contributed by atoms with Crippen LogP contribution in [0.4, 0.5) is 18.9 Å². The monoisotopic (exact) mass is 373 g/mol. The fourth-order valence-electron chi connectivity index (χ4n) is 3.13. The van der Waals surface area contributed by atoms with Crippen molar-refractivity contribution in [2.45, 2.75) is 12.8 Å². The fourth-order valence-corrected chi connectivity index (χ4v) is 3.13. The zero-order valence-corrected chi connectivity index (χ0v) is 14.2. The number of fused-ring (bicyclic) bond motifs is 3. The number of nitrogens with zero attached hydrogens (tertiary/aromatic N) is 2. The lowest BCUT2D eigenvalue weighted by Crippen LogP contribution is -2.17. The van der Waals surface area contributed by atoms with E-state index in [0.29, 0.717) is 11.3 Å². The van der Waals surface area contributed by atoms with Gasteiger partial charge in [0, 0.05) is 23.9 Å².